The molecule has 7 heteroatoms. The predicted octanol–water partition coefficient (Wildman–Crippen LogP) is 5.19. The van der Waals surface area contributed by atoms with Crippen molar-refractivity contribution >= 4 is 11.7 Å². The highest BCUT2D eigenvalue weighted by Gasteiger charge is 2.29. The third-order valence-corrected chi connectivity index (χ3v) is 6.01. The summed E-state index contributed by atoms with van der Waals surface area (Å²) in [4.78, 5) is 22.4. The van der Waals surface area contributed by atoms with Crippen molar-refractivity contribution < 1.29 is 19.0 Å². The maximum atomic E-state index is 14.8. The lowest BCUT2D eigenvalue weighted by Gasteiger charge is -2.40. The van der Waals surface area contributed by atoms with Crippen LogP contribution in [-0.4, -0.2) is 40.7 Å². The number of ether oxygens (including phenoxy) is 1. The maximum Gasteiger partial charge on any atom is 0.307 e. The Labute approximate surface area is 189 Å². The topological polar surface area (TPSA) is 75.5 Å². The fourth-order valence-corrected chi connectivity index (χ4v) is 3.91. The van der Waals surface area contributed by atoms with Crippen molar-refractivity contribution in [1.82, 2.24) is 9.97 Å². The van der Waals surface area contributed by atoms with Gasteiger partial charge in [-0.3, -0.25) is 9.78 Å². The van der Waals surface area contributed by atoms with Crippen molar-refractivity contribution in [2.45, 2.75) is 53.4 Å². The average Bonchev–Trinajstić information content (AvgIpc) is 2.70. The maximum absolute atomic E-state index is 14.8. The fraction of sp³-hybridized carbons (Fsp3) is 0.480. The number of aliphatic carboxylic acids is 1. The molecule has 0 saturated carbocycles. The molecule has 172 valence electrons. The van der Waals surface area contributed by atoms with Gasteiger partial charge in [-0.25, -0.2) is 9.37 Å². The van der Waals surface area contributed by atoms with Gasteiger partial charge in [0.1, 0.15) is 0 Å². The number of aromatic nitrogens is 2. The van der Waals surface area contributed by atoms with Crippen LogP contribution in [0.3, 0.4) is 0 Å². The van der Waals surface area contributed by atoms with Gasteiger partial charge in [-0.2, -0.15) is 0 Å². The molecule has 3 heterocycles. The summed E-state index contributed by atoms with van der Waals surface area (Å²) in [5.74, 6) is -1.53. The zero-order chi connectivity index (χ0) is 23.5. The van der Waals surface area contributed by atoms with E-state index in [0.29, 0.717) is 35.4 Å². The first kappa shape index (κ1) is 23.7. The van der Waals surface area contributed by atoms with Crippen LogP contribution >= 0.6 is 0 Å². The van der Waals surface area contributed by atoms with E-state index in [-0.39, 0.29) is 17.7 Å². The molecule has 1 fully saturated rings. The van der Waals surface area contributed by atoms with Crippen LogP contribution in [0.25, 0.3) is 11.1 Å². The summed E-state index contributed by atoms with van der Waals surface area (Å²) in [6, 6.07) is 1.39. The number of nitrogens with zero attached hydrogens (tertiary/aromatic N) is 3. The van der Waals surface area contributed by atoms with E-state index in [1.165, 1.54) is 6.07 Å². The van der Waals surface area contributed by atoms with Crippen molar-refractivity contribution in [1.29, 1.82) is 0 Å². The second-order valence-corrected chi connectivity index (χ2v) is 9.37. The third kappa shape index (κ3) is 5.64. The first-order valence-corrected chi connectivity index (χ1v) is 11.0. The van der Waals surface area contributed by atoms with Gasteiger partial charge in [0.25, 0.3) is 0 Å². The number of halogens is 1. The normalized spacial score (nSPS) is 15.5. The van der Waals surface area contributed by atoms with Crippen LogP contribution in [0.15, 0.2) is 30.6 Å². The van der Waals surface area contributed by atoms with Crippen molar-refractivity contribution in [2.24, 2.45) is 5.41 Å². The lowest BCUT2D eigenvalue weighted by molar-refractivity contribution is -0.136. The molecule has 1 saturated heterocycles. The van der Waals surface area contributed by atoms with Gasteiger partial charge < -0.3 is 14.7 Å². The van der Waals surface area contributed by atoms with Crippen molar-refractivity contribution in [3.05, 3.63) is 47.7 Å². The van der Waals surface area contributed by atoms with Crippen LogP contribution in [0.1, 0.15) is 51.3 Å². The first-order valence-electron chi connectivity index (χ1n) is 11.0. The SMILES string of the molecule is C=C(C)CCOc1ncc(-c2cnc(C)c(CC(=O)O)c2N2CCC(C)(C)CC2)cc1F. The van der Waals surface area contributed by atoms with Crippen LogP contribution in [0.2, 0.25) is 0 Å². The summed E-state index contributed by atoms with van der Waals surface area (Å²) in [5.41, 5.74) is 4.57. The molecule has 0 amide bonds. The smallest absolute Gasteiger partial charge is 0.307 e. The fourth-order valence-electron chi connectivity index (χ4n) is 3.91. The molecule has 0 unspecified atom stereocenters. The molecule has 1 aliphatic rings. The van der Waals surface area contributed by atoms with Gasteiger partial charge in [-0.1, -0.05) is 19.4 Å². The Morgan fingerprint density at radius 1 is 1.28 bits per heavy atom. The number of pyridine rings is 2. The number of rotatable bonds is 8. The van der Waals surface area contributed by atoms with Gasteiger partial charge in [-0.15, -0.1) is 6.58 Å². The third-order valence-electron chi connectivity index (χ3n) is 6.01. The highest BCUT2D eigenvalue weighted by molar-refractivity contribution is 5.84. The average molecular weight is 442 g/mol. The lowest BCUT2D eigenvalue weighted by Crippen LogP contribution is -2.38. The molecule has 0 spiro atoms. The largest absolute Gasteiger partial charge is 0.481 e. The van der Waals surface area contributed by atoms with Gasteiger partial charge in [0, 0.05) is 54.3 Å². The van der Waals surface area contributed by atoms with Crippen molar-refractivity contribution in [2.75, 3.05) is 24.6 Å². The highest BCUT2D eigenvalue weighted by atomic mass is 19.1. The molecule has 0 bridgehead atoms. The zero-order valence-electron chi connectivity index (χ0n) is 19.4. The Balaban J connectivity index is 2.01. The molecule has 6 nitrogen and oxygen atoms in total. The van der Waals surface area contributed by atoms with Crippen LogP contribution in [0.4, 0.5) is 10.1 Å². The predicted molar refractivity (Wildman–Crippen MR) is 124 cm³/mol. The molecule has 0 atom stereocenters. The number of hydrogen-bond acceptors (Lipinski definition) is 5. The molecular formula is C25H32FN3O3. The van der Waals surface area contributed by atoms with Crippen molar-refractivity contribution in [3.63, 3.8) is 0 Å². The van der Waals surface area contributed by atoms with Gasteiger partial charge in [0.05, 0.1) is 18.7 Å². The summed E-state index contributed by atoms with van der Waals surface area (Å²) in [7, 11) is 0. The molecule has 0 aliphatic carbocycles. The van der Waals surface area contributed by atoms with Gasteiger partial charge in [-0.05, 0) is 38.2 Å². The van der Waals surface area contributed by atoms with E-state index in [4.69, 9.17) is 4.74 Å². The van der Waals surface area contributed by atoms with Crippen LogP contribution < -0.4 is 9.64 Å². The second kappa shape index (κ2) is 9.67. The zero-order valence-corrected chi connectivity index (χ0v) is 19.4. The number of carboxylic acid groups (broad SMARTS) is 1. The molecule has 0 radical (unpaired) electrons. The molecule has 0 aromatic carbocycles. The van der Waals surface area contributed by atoms with Crippen molar-refractivity contribution in [3.8, 4) is 17.0 Å². The molecular weight excluding hydrogens is 409 g/mol. The summed E-state index contributed by atoms with van der Waals surface area (Å²) < 4.78 is 20.2. The molecule has 2 aromatic rings. The van der Waals surface area contributed by atoms with Crippen LogP contribution in [-0.2, 0) is 11.2 Å². The monoisotopic (exact) mass is 441 g/mol. The Bertz CT molecular complexity index is 1010. The molecule has 1 N–H and O–H groups in total. The van der Waals surface area contributed by atoms with E-state index in [0.717, 1.165) is 37.2 Å². The highest BCUT2D eigenvalue weighted by Crippen LogP contribution is 2.40. The van der Waals surface area contributed by atoms with E-state index in [1.807, 2.05) is 13.8 Å². The Hall–Kier alpha value is -2.96. The first-order chi connectivity index (χ1) is 15.1. The minimum absolute atomic E-state index is 0.0536. The minimum Gasteiger partial charge on any atom is -0.481 e. The quantitative estimate of drug-likeness (QED) is 0.568. The van der Waals surface area contributed by atoms with Crippen LogP contribution in [0, 0.1) is 18.2 Å². The van der Waals surface area contributed by atoms with E-state index in [9.17, 15) is 14.3 Å². The van der Waals surface area contributed by atoms with Crippen LogP contribution in [0.5, 0.6) is 5.88 Å². The standard InChI is InChI=1S/C25H32FN3O3/c1-16(2)6-11-32-24-21(26)12-18(14-28-24)20-15-27-17(3)19(13-22(30)31)23(20)29-9-7-25(4,5)8-10-29/h12,14-15H,1,6-11,13H2,2-5H3,(H,30,31). The number of piperidine rings is 1. The Kier molecular flexibility index (Phi) is 7.16. The second-order valence-electron chi connectivity index (χ2n) is 9.37. The van der Waals surface area contributed by atoms with Gasteiger partial charge in [0.15, 0.2) is 5.82 Å². The number of carboxylic acids is 1. The van der Waals surface area contributed by atoms with Gasteiger partial charge in [0.2, 0.25) is 5.88 Å². The number of hydrogen-bond donors (Lipinski definition) is 1. The summed E-state index contributed by atoms with van der Waals surface area (Å²) in [6.07, 6.45) is 5.71. The van der Waals surface area contributed by atoms with Gasteiger partial charge >= 0.3 is 5.97 Å². The van der Waals surface area contributed by atoms with E-state index in [1.54, 1.807) is 12.4 Å². The van der Waals surface area contributed by atoms with E-state index in [2.05, 4.69) is 35.3 Å². The molecule has 32 heavy (non-hydrogen) atoms. The Morgan fingerprint density at radius 2 is 1.97 bits per heavy atom. The number of anilines is 1. The summed E-state index contributed by atoms with van der Waals surface area (Å²) in [6.45, 7) is 13.9. The number of carbonyl (C=O) groups is 1. The lowest BCUT2D eigenvalue weighted by atomic mass is 9.82. The summed E-state index contributed by atoms with van der Waals surface area (Å²) in [5, 5.41) is 9.52. The van der Waals surface area contributed by atoms with E-state index >= 15 is 0 Å². The molecule has 2 aromatic heterocycles. The van der Waals surface area contributed by atoms with E-state index < -0.39 is 11.8 Å². The molecule has 3 rings (SSSR count). The number of aryl methyl sites for hydroxylation is 1. The minimum atomic E-state index is -0.920. The summed E-state index contributed by atoms with van der Waals surface area (Å²) >= 11 is 0. The Morgan fingerprint density at radius 3 is 2.56 bits per heavy atom. The molecule has 1 aliphatic heterocycles.